The number of ether oxygens (including phenoxy) is 2. The van der Waals surface area contributed by atoms with Crippen LogP contribution < -0.4 is 14.8 Å². The van der Waals surface area contributed by atoms with E-state index < -0.39 is 5.91 Å². The van der Waals surface area contributed by atoms with Crippen molar-refractivity contribution < 1.29 is 14.3 Å². The second-order valence-corrected chi connectivity index (χ2v) is 5.83. The van der Waals surface area contributed by atoms with Crippen molar-refractivity contribution >= 4 is 12.0 Å². The lowest BCUT2D eigenvalue weighted by molar-refractivity contribution is -0.117. The van der Waals surface area contributed by atoms with Crippen LogP contribution in [0.15, 0.2) is 54.1 Å². The predicted octanol–water partition coefficient (Wildman–Crippen LogP) is 4.10. The van der Waals surface area contributed by atoms with Gasteiger partial charge >= 0.3 is 0 Å². The maximum Gasteiger partial charge on any atom is 0.262 e. The molecule has 1 N–H and O–H groups in total. The maximum atomic E-state index is 12.3. The molecule has 0 aliphatic carbocycles. The number of carbonyl (C=O) groups is 1. The first kappa shape index (κ1) is 20.1. The Kier molecular flexibility index (Phi) is 7.92. The fourth-order valence-corrected chi connectivity index (χ4v) is 2.40. The fourth-order valence-electron chi connectivity index (χ4n) is 2.40. The van der Waals surface area contributed by atoms with Gasteiger partial charge in [0.2, 0.25) is 0 Å². The third kappa shape index (κ3) is 6.19. The van der Waals surface area contributed by atoms with Crippen LogP contribution >= 0.6 is 0 Å². The van der Waals surface area contributed by atoms with Gasteiger partial charge in [0, 0.05) is 6.54 Å². The van der Waals surface area contributed by atoms with Crippen LogP contribution in [0.3, 0.4) is 0 Å². The lowest BCUT2D eigenvalue weighted by Crippen LogP contribution is -2.23. The number of benzene rings is 2. The van der Waals surface area contributed by atoms with E-state index in [2.05, 4.69) is 5.32 Å². The van der Waals surface area contributed by atoms with Gasteiger partial charge in [-0.2, -0.15) is 5.26 Å². The average Bonchev–Trinajstić information content (AvgIpc) is 2.70. The molecule has 0 spiro atoms. The zero-order chi connectivity index (χ0) is 19.5. The van der Waals surface area contributed by atoms with Crippen molar-refractivity contribution in [1.29, 1.82) is 5.26 Å². The number of nitrogens with zero attached hydrogens (tertiary/aromatic N) is 1. The monoisotopic (exact) mass is 364 g/mol. The number of hydrogen-bond donors (Lipinski definition) is 1. The van der Waals surface area contributed by atoms with E-state index in [1.54, 1.807) is 24.3 Å². The zero-order valence-electron chi connectivity index (χ0n) is 15.7. The van der Waals surface area contributed by atoms with Crippen LogP contribution in [0.25, 0.3) is 6.08 Å². The van der Waals surface area contributed by atoms with E-state index in [0.717, 1.165) is 12.0 Å². The molecule has 2 aromatic rings. The number of rotatable bonds is 9. The lowest BCUT2D eigenvalue weighted by Gasteiger charge is -2.12. The lowest BCUT2D eigenvalue weighted by atomic mass is 10.1. The summed E-state index contributed by atoms with van der Waals surface area (Å²) in [6.45, 7) is 5.39. The topological polar surface area (TPSA) is 71.3 Å². The molecule has 0 aliphatic heterocycles. The van der Waals surface area contributed by atoms with Gasteiger partial charge in [-0.05, 0) is 42.7 Å². The van der Waals surface area contributed by atoms with Gasteiger partial charge in [0.15, 0.2) is 11.5 Å². The summed E-state index contributed by atoms with van der Waals surface area (Å²) in [5.74, 6) is 0.843. The Hall–Kier alpha value is -3.26. The molecule has 0 saturated heterocycles. The normalized spacial score (nSPS) is 10.8. The van der Waals surface area contributed by atoms with Gasteiger partial charge in [-0.3, -0.25) is 4.79 Å². The van der Waals surface area contributed by atoms with Gasteiger partial charge in [0.05, 0.1) is 13.2 Å². The smallest absolute Gasteiger partial charge is 0.262 e. The van der Waals surface area contributed by atoms with Gasteiger partial charge in [-0.1, -0.05) is 43.3 Å². The molecule has 2 aromatic carbocycles. The number of nitriles is 1. The van der Waals surface area contributed by atoms with Crippen LogP contribution in [-0.4, -0.2) is 19.1 Å². The summed E-state index contributed by atoms with van der Waals surface area (Å²) in [5.41, 5.74) is 1.71. The molecule has 0 saturated carbocycles. The van der Waals surface area contributed by atoms with E-state index in [1.807, 2.05) is 50.2 Å². The minimum atomic E-state index is -0.411. The van der Waals surface area contributed by atoms with Gasteiger partial charge in [-0.15, -0.1) is 0 Å². The highest BCUT2D eigenvalue weighted by Gasteiger charge is 2.11. The molecule has 5 nitrogen and oxygen atoms in total. The Labute approximate surface area is 160 Å². The number of amides is 1. The second-order valence-electron chi connectivity index (χ2n) is 5.83. The highest BCUT2D eigenvalue weighted by molar-refractivity contribution is 6.01. The Morgan fingerprint density at radius 2 is 1.89 bits per heavy atom. The molecular formula is C22H24N2O3. The number of nitrogens with one attached hydrogen (secondary N) is 1. The molecule has 0 atom stereocenters. The third-order valence-corrected chi connectivity index (χ3v) is 3.70. The fraction of sp³-hybridized carbons (Fsp3) is 0.273. The molecule has 0 aliphatic rings. The molecule has 2 rings (SSSR count). The van der Waals surface area contributed by atoms with E-state index in [4.69, 9.17) is 9.47 Å². The first-order valence-electron chi connectivity index (χ1n) is 9.01. The first-order valence-corrected chi connectivity index (χ1v) is 9.01. The largest absolute Gasteiger partial charge is 0.490 e. The highest BCUT2D eigenvalue weighted by atomic mass is 16.5. The SMILES string of the molecule is CCCOc1ccc(/C=C(\C#N)C(=O)NCc2ccccc2)cc1OCC. The Balaban J connectivity index is 2.14. The predicted molar refractivity (Wildman–Crippen MR) is 105 cm³/mol. The van der Waals surface area contributed by atoms with E-state index in [-0.39, 0.29) is 5.57 Å². The van der Waals surface area contributed by atoms with Crippen molar-refractivity contribution in [3.8, 4) is 17.6 Å². The summed E-state index contributed by atoms with van der Waals surface area (Å²) < 4.78 is 11.3. The minimum Gasteiger partial charge on any atom is -0.490 e. The molecule has 0 radical (unpaired) electrons. The van der Waals surface area contributed by atoms with E-state index in [1.165, 1.54) is 0 Å². The van der Waals surface area contributed by atoms with Gasteiger partial charge in [0.25, 0.3) is 5.91 Å². The van der Waals surface area contributed by atoms with Crippen LogP contribution in [0.5, 0.6) is 11.5 Å². The molecule has 0 heterocycles. The molecule has 5 heteroatoms. The standard InChI is InChI=1S/C22H24N2O3/c1-3-12-27-20-11-10-18(14-21(20)26-4-2)13-19(15-23)22(25)24-16-17-8-6-5-7-9-17/h5-11,13-14H,3-4,12,16H2,1-2H3,(H,24,25)/b19-13+. The number of carbonyl (C=O) groups excluding carboxylic acids is 1. The van der Waals surface area contributed by atoms with Crippen molar-refractivity contribution in [1.82, 2.24) is 5.32 Å². The van der Waals surface area contributed by atoms with Crippen LogP contribution in [-0.2, 0) is 11.3 Å². The third-order valence-electron chi connectivity index (χ3n) is 3.70. The highest BCUT2D eigenvalue weighted by Crippen LogP contribution is 2.29. The van der Waals surface area contributed by atoms with Crippen molar-refractivity contribution in [3.05, 3.63) is 65.2 Å². The number of hydrogen-bond acceptors (Lipinski definition) is 4. The van der Waals surface area contributed by atoms with Crippen LogP contribution in [0, 0.1) is 11.3 Å². The Morgan fingerprint density at radius 3 is 2.56 bits per heavy atom. The van der Waals surface area contributed by atoms with Crippen LogP contribution in [0.2, 0.25) is 0 Å². The van der Waals surface area contributed by atoms with Gasteiger partial charge in [0.1, 0.15) is 11.6 Å². The quantitative estimate of drug-likeness (QED) is 0.537. The van der Waals surface area contributed by atoms with E-state index >= 15 is 0 Å². The van der Waals surface area contributed by atoms with Crippen molar-refractivity contribution in [2.75, 3.05) is 13.2 Å². The molecular weight excluding hydrogens is 340 g/mol. The maximum absolute atomic E-state index is 12.3. The van der Waals surface area contributed by atoms with Crippen LogP contribution in [0.4, 0.5) is 0 Å². The molecule has 0 bridgehead atoms. The molecule has 140 valence electrons. The summed E-state index contributed by atoms with van der Waals surface area (Å²) in [7, 11) is 0. The molecule has 27 heavy (non-hydrogen) atoms. The Bertz CT molecular complexity index is 823. The van der Waals surface area contributed by atoms with Crippen molar-refractivity contribution in [2.45, 2.75) is 26.8 Å². The summed E-state index contributed by atoms with van der Waals surface area (Å²) in [5, 5.41) is 12.1. The van der Waals surface area contributed by atoms with Crippen LogP contribution in [0.1, 0.15) is 31.4 Å². The summed E-state index contributed by atoms with van der Waals surface area (Å²) >= 11 is 0. The second kappa shape index (κ2) is 10.7. The zero-order valence-corrected chi connectivity index (χ0v) is 15.7. The first-order chi connectivity index (χ1) is 13.2. The van der Waals surface area contributed by atoms with E-state index in [0.29, 0.717) is 36.8 Å². The minimum absolute atomic E-state index is 0.0376. The van der Waals surface area contributed by atoms with Crippen molar-refractivity contribution in [3.63, 3.8) is 0 Å². The van der Waals surface area contributed by atoms with Gasteiger partial charge in [-0.25, -0.2) is 0 Å². The Morgan fingerprint density at radius 1 is 1.11 bits per heavy atom. The summed E-state index contributed by atoms with van der Waals surface area (Å²) in [4.78, 5) is 12.3. The molecule has 0 fully saturated rings. The molecule has 0 aromatic heterocycles. The van der Waals surface area contributed by atoms with Gasteiger partial charge < -0.3 is 14.8 Å². The average molecular weight is 364 g/mol. The molecule has 1 amide bonds. The molecule has 0 unspecified atom stereocenters. The summed E-state index contributed by atoms with van der Waals surface area (Å²) in [6.07, 6.45) is 2.44. The van der Waals surface area contributed by atoms with E-state index in [9.17, 15) is 10.1 Å². The summed E-state index contributed by atoms with van der Waals surface area (Å²) in [6, 6.07) is 16.9. The van der Waals surface area contributed by atoms with Crippen molar-refractivity contribution in [2.24, 2.45) is 0 Å².